The predicted molar refractivity (Wildman–Crippen MR) is 138 cm³/mol. The average molecular weight is 461 g/mol. The number of fused-ring (bicyclic) bond motifs is 1. The van der Waals surface area contributed by atoms with E-state index in [1.54, 1.807) is 19.2 Å². The van der Waals surface area contributed by atoms with Crippen molar-refractivity contribution in [2.24, 2.45) is 7.05 Å². The highest BCUT2D eigenvalue weighted by Crippen LogP contribution is 2.32. The fourth-order valence-corrected chi connectivity index (χ4v) is 4.71. The molecule has 0 amide bonds. The monoisotopic (exact) mass is 460 g/mol. The van der Waals surface area contributed by atoms with Crippen molar-refractivity contribution < 1.29 is 0 Å². The number of anilines is 1. The second-order valence-corrected chi connectivity index (χ2v) is 8.80. The highest BCUT2D eigenvalue weighted by Gasteiger charge is 2.35. The number of rotatable bonds is 4. The van der Waals surface area contributed by atoms with Crippen LogP contribution in [-0.2, 0) is 7.05 Å². The highest BCUT2D eigenvalue weighted by molar-refractivity contribution is 5.86. The molecule has 0 bridgehead atoms. The van der Waals surface area contributed by atoms with Crippen LogP contribution in [0.4, 0.5) is 5.82 Å². The van der Waals surface area contributed by atoms with E-state index in [0.29, 0.717) is 34.6 Å². The van der Waals surface area contributed by atoms with Crippen LogP contribution in [0.1, 0.15) is 63.9 Å². The molecule has 0 saturated carbocycles. The molecule has 3 atom stereocenters. The Labute approximate surface area is 202 Å². The first kappa shape index (κ1) is 25.4. The van der Waals surface area contributed by atoms with Crippen LogP contribution in [0.5, 0.6) is 0 Å². The van der Waals surface area contributed by atoms with E-state index in [4.69, 9.17) is 0 Å². The molecular formula is C27H36N6O. The van der Waals surface area contributed by atoms with Gasteiger partial charge in [0.1, 0.15) is 17.3 Å². The summed E-state index contributed by atoms with van der Waals surface area (Å²) in [5.41, 5.74) is 3.88. The summed E-state index contributed by atoms with van der Waals surface area (Å²) >= 11 is 0. The minimum Gasteiger partial charge on any atom is -0.349 e. The first-order valence-corrected chi connectivity index (χ1v) is 12.2. The van der Waals surface area contributed by atoms with Crippen LogP contribution in [0, 0.1) is 18.3 Å². The summed E-state index contributed by atoms with van der Waals surface area (Å²) < 4.78 is 1.49. The number of hydrogen-bond donors (Lipinski definition) is 0. The second kappa shape index (κ2) is 10.8. The van der Waals surface area contributed by atoms with Gasteiger partial charge < -0.3 is 4.90 Å². The molecule has 0 aliphatic carbocycles. The van der Waals surface area contributed by atoms with Crippen LogP contribution >= 0.6 is 0 Å². The fraction of sp³-hybridized carbons (Fsp3) is 0.481. The van der Waals surface area contributed by atoms with Crippen molar-refractivity contribution in [2.75, 3.05) is 18.0 Å². The molecule has 3 unspecified atom stereocenters. The third-order valence-electron chi connectivity index (χ3n) is 6.73. The Kier molecular flexibility index (Phi) is 8.06. The van der Waals surface area contributed by atoms with E-state index in [1.165, 1.54) is 15.7 Å². The molecule has 3 aromatic rings. The van der Waals surface area contributed by atoms with Crippen LogP contribution < -0.4 is 10.6 Å². The lowest BCUT2D eigenvalue weighted by atomic mass is 9.98. The average Bonchev–Trinajstić information content (AvgIpc) is 2.87. The maximum absolute atomic E-state index is 12.6. The van der Waals surface area contributed by atoms with Crippen LogP contribution in [0.2, 0.25) is 0 Å². The summed E-state index contributed by atoms with van der Waals surface area (Å²) in [5, 5.41) is 9.35. The van der Waals surface area contributed by atoms with Crippen molar-refractivity contribution in [3.63, 3.8) is 0 Å². The van der Waals surface area contributed by atoms with Crippen molar-refractivity contribution in [2.45, 2.75) is 66.1 Å². The zero-order valence-corrected chi connectivity index (χ0v) is 21.4. The minimum atomic E-state index is -0.310. The number of nitrogens with zero attached hydrogens (tertiary/aromatic N) is 6. The van der Waals surface area contributed by atoms with E-state index in [-0.39, 0.29) is 11.7 Å². The Bertz CT molecular complexity index is 1230. The summed E-state index contributed by atoms with van der Waals surface area (Å²) in [5.74, 6) is 0.578. The molecule has 0 N–H and O–H groups in total. The van der Waals surface area contributed by atoms with Gasteiger partial charge in [-0.3, -0.25) is 9.47 Å². The van der Waals surface area contributed by atoms with Crippen molar-refractivity contribution in [3.05, 3.63) is 63.7 Å². The Morgan fingerprint density at radius 3 is 2.41 bits per heavy atom. The quantitative estimate of drug-likeness (QED) is 0.567. The Balaban J connectivity index is 0.00000158. The lowest BCUT2D eigenvalue weighted by Gasteiger charge is -2.48. The molecule has 3 heterocycles. The first-order valence-electron chi connectivity index (χ1n) is 12.2. The fourth-order valence-electron chi connectivity index (χ4n) is 4.71. The van der Waals surface area contributed by atoms with Gasteiger partial charge >= 0.3 is 5.69 Å². The Hall–Kier alpha value is -3.24. The van der Waals surface area contributed by atoms with E-state index in [9.17, 15) is 10.1 Å². The molecule has 7 nitrogen and oxygen atoms in total. The van der Waals surface area contributed by atoms with E-state index in [2.05, 4.69) is 77.8 Å². The SMILES string of the molecule is CC.CCC1CN(c2nc(=O)n(C)c3ccc(C#N)nc23)C(C)CN1C(C)c1ccc(C)cc1. The summed E-state index contributed by atoms with van der Waals surface area (Å²) in [4.78, 5) is 26.3. The number of pyridine rings is 1. The Morgan fingerprint density at radius 2 is 1.79 bits per heavy atom. The van der Waals surface area contributed by atoms with E-state index in [0.717, 1.165) is 19.5 Å². The number of nitriles is 1. The molecule has 7 heteroatoms. The lowest BCUT2D eigenvalue weighted by molar-refractivity contribution is 0.106. The summed E-state index contributed by atoms with van der Waals surface area (Å²) in [6, 6.07) is 15.0. The third kappa shape index (κ3) is 4.83. The third-order valence-corrected chi connectivity index (χ3v) is 6.73. The molecule has 180 valence electrons. The smallest absolute Gasteiger partial charge is 0.349 e. The van der Waals surface area contributed by atoms with Gasteiger partial charge in [0.05, 0.1) is 5.52 Å². The van der Waals surface area contributed by atoms with Crippen LogP contribution in [0.3, 0.4) is 0 Å². The number of hydrogen-bond acceptors (Lipinski definition) is 6. The van der Waals surface area contributed by atoms with Crippen LogP contribution in [0.15, 0.2) is 41.2 Å². The number of benzene rings is 1. The van der Waals surface area contributed by atoms with Gasteiger partial charge in [0.25, 0.3) is 0 Å². The zero-order valence-electron chi connectivity index (χ0n) is 21.4. The molecule has 1 aromatic carbocycles. The largest absolute Gasteiger partial charge is 0.349 e. The van der Waals surface area contributed by atoms with E-state index >= 15 is 0 Å². The number of aromatic nitrogens is 3. The molecule has 1 fully saturated rings. The molecule has 0 radical (unpaired) electrons. The van der Waals surface area contributed by atoms with Gasteiger partial charge in [0, 0.05) is 38.3 Å². The standard InChI is InChI=1S/C25H30N6O.C2H6/c1-6-21-15-30(17(3)14-31(21)18(4)19-9-7-16(2)8-10-19)24-23-22(29(5)25(32)28-24)12-11-20(13-26)27-23;1-2/h7-12,17-18,21H,6,14-15H2,1-5H3;1-2H3. The van der Waals surface area contributed by atoms with Crippen molar-refractivity contribution in [1.29, 1.82) is 5.26 Å². The van der Waals surface area contributed by atoms with E-state index in [1.807, 2.05) is 13.8 Å². The zero-order chi connectivity index (χ0) is 25.0. The summed E-state index contributed by atoms with van der Waals surface area (Å²) in [6.45, 7) is 14.3. The van der Waals surface area contributed by atoms with Crippen molar-refractivity contribution in [1.82, 2.24) is 19.4 Å². The van der Waals surface area contributed by atoms with Gasteiger partial charge in [0.15, 0.2) is 5.82 Å². The molecule has 34 heavy (non-hydrogen) atoms. The number of piperazine rings is 1. The molecular weight excluding hydrogens is 424 g/mol. The van der Waals surface area contributed by atoms with Gasteiger partial charge in [-0.15, -0.1) is 0 Å². The second-order valence-electron chi connectivity index (χ2n) is 8.80. The molecule has 0 spiro atoms. The van der Waals surface area contributed by atoms with Crippen LogP contribution in [0.25, 0.3) is 11.0 Å². The van der Waals surface area contributed by atoms with Gasteiger partial charge in [-0.2, -0.15) is 10.2 Å². The molecule has 2 aromatic heterocycles. The highest BCUT2D eigenvalue weighted by atomic mass is 16.1. The Morgan fingerprint density at radius 1 is 1.12 bits per heavy atom. The van der Waals surface area contributed by atoms with Gasteiger partial charge in [-0.1, -0.05) is 50.6 Å². The van der Waals surface area contributed by atoms with Crippen molar-refractivity contribution in [3.8, 4) is 6.07 Å². The molecule has 4 rings (SSSR count). The topological polar surface area (TPSA) is 78.0 Å². The summed E-state index contributed by atoms with van der Waals surface area (Å²) in [7, 11) is 1.69. The van der Waals surface area contributed by atoms with Crippen LogP contribution in [-0.4, -0.2) is 44.6 Å². The lowest BCUT2D eigenvalue weighted by Crippen LogP contribution is -2.58. The van der Waals surface area contributed by atoms with E-state index < -0.39 is 0 Å². The predicted octanol–water partition coefficient (Wildman–Crippen LogP) is 4.59. The maximum Gasteiger partial charge on any atom is 0.349 e. The molecule has 1 saturated heterocycles. The first-order chi connectivity index (χ1) is 16.3. The normalized spacial score (nSPS) is 19.3. The number of aryl methyl sites for hydroxylation is 2. The maximum atomic E-state index is 12.6. The summed E-state index contributed by atoms with van der Waals surface area (Å²) in [6.07, 6.45) is 0.985. The molecule has 1 aliphatic rings. The van der Waals surface area contributed by atoms with Gasteiger partial charge in [0.2, 0.25) is 0 Å². The minimum absolute atomic E-state index is 0.140. The van der Waals surface area contributed by atoms with Gasteiger partial charge in [-0.25, -0.2) is 9.78 Å². The molecule has 1 aliphatic heterocycles. The van der Waals surface area contributed by atoms with Gasteiger partial charge in [-0.05, 0) is 44.9 Å². The van der Waals surface area contributed by atoms with Crippen molar-refractivity contribution >= 4 is 16.9 Å².